The maximum Gasteiger partial charge on any atom is 0.410 e. The van der Waals surface area contributed by atoms with Gasteiger partial charge >= 0.3 is 6.09 Å². The minimum atomic E-state index is -1.41. The van der Waals surface area contributed by atoms with Gasteiger partial charge in [-0.3, -0.25) is 0 Å². The lowest BCUT2D eigenvalue weighted by Crippen LogP contribution is -2.46. The molecule has 0 aromatic heterocycles. The van der Waals surface area contributed by atoms with Crippen LogP contribution in [0.25, 0.3) is 0 Å². The first-order chi connectivity index (χ1) is 11.2. The number of benzene rings is 1. The number of carbonyl (C=O) groups excluding carboxylic acids is 1. The molecule has 1 aliphatic rings. The second-order valence-electron chi connectivity index (χ2n) is 7.54. The fraction of sp³-hybridized carbons (Fsp3) is 0.632. The minimum Gasteiger partial charge on any atom is -0.444 e. The van der Waals surface area contributed by atoms with E-state index in [1.807, 2.05) is 6.07 Å². The molecule has 1 aromatic carbocycles. The summed E-state index contributed by atoms with van der Waals surface area (Å²) >= 11 is 0. The number of hydrogen-bond donors (Lipinski definition) is 0. The first kappa shape index (κ1) is 18.7. The lowest BCUT2D eigenvalue weighted by Gasteiger charge is -2.37. The van der Waals surface area contributed by atoms with Crippen LogP contribution in [-0.4, -0.2) is 35.4 Å². The zero-order valence-electron chi connectivity index (χ0n) is 14.7. The standard InChI is InChI=1S/C19H27F2NO2/c1-18(2,3)24-17(23)22-13-11-19(21,12-14-22)10-9-16(20)15-7-5-4-6-8-15/h4-8,16H,9-14H2,1-3H3. The molecule has 24 heavy (non-hydrogen) atoms. The quantitative estimate of drug-likeness (QED) is 0.753. The van der Waals surface area contributed by atoms with Gasteiger partial charge in [0, 0.05) is 13.1 Å². The number of piperidine rings is 1. The highest BCUT2D eigenvalue weighted by molar-refractivity contribution is 5.68. The Morgan fingerprint density at radius 2 is 1.83 bits per heavy atom. The number of amides is 1. The van der Waals surface area contributed by atoms with E-state index in [0.717, 1.165) is 0 Å². The van der Waals surface area contributed by atoms with Gasteiger partial charge < -0.3 is 9.64 Å². The van der Waals surface area contributed by atoms with E-state index in [1.54, 1.807) is 45.0 Å². The molecule has 0 spiro atoms. The minimum absolute atomic E-state index is 0.160. The summed E-state index contributed by atoms with van der Waals surface area (Å²) in [6.45, 7) is 6.04. The zero-order chi connectivity index (χ0) is 17.8. The molecule has 0 aliphatic carbocycles. The second-order valence-corrected chi connectivity index (χ2v) is 7.54. The highest BCUT2D eigenvalue weighted by Gasteiger charge is 2.37. The van der Waals surface area contributed by atoms with E-state index < -0.39 is 23.5 Å². The summed E-state index contributed by atoms with van der Waals surface area (Å²) in [5, 5.41) is 0. The van der Waals surface area contributed by atoms with Crippen molar-refractivity contribution in [3.8, 4) is 0 Å². The molecule has 0 bridgehead atoms. The largest absolute Gasteiger partial charge is 0.444 e. The highest BCUT2D eigenvalue weighted by atomic mass is 19.1. The topological polar surface area (TPSA) is 29.5 Å². The van der Waals surface area contributed by atoms with Gasteiger partial charge in [-0.05, 0) is 52.0 Å². The van der Waals surface area contributed by atoms with Gasteiger partial charge in [0.25, 0.3) is 0 Å². The van der Waals surface area contributed by atoms with Crippen molar-refractivity contribution in [2.45, 2.75) is 63.9 Å². The summed E-state index contributed by atoms with van der Waals surface area (Å²) in [6, 6.07) is 8.85. The maximum absolute atomic E-state index is 14.9. The Labute approximate surface area is 143 Å². The molecular weight excluding hydrogens is 312 g/mol. The zero-order valence-corrected chi connectivity index (χ0v) is 14.7. The smallest absolute Gasteiger partial charge is 0.410 e. The van der Waals surface area contributed by atoms with Crippen LogP contribution in [-0.2, 0) is 4.74 Å². The van der Waals surface area contributed by atoms with E-state index in [2.05, 4.69) is 0 Å². The molecule has 1 heterocycles. The van der Waals surface area contributed by atoms with Crippen LogP contribution in [0.2, 0.25) is 0 Å². The van der Waals surface area contributed by atoms with Crippen molar-refractivity contribution in [3.63, 3.8) is 0 Å². The lowest BCUT2D eigenvalue weighted by atomic mass is 9.87. The predicted molar refractivity (Wildman–Crippen MR) is 90.4 cm³/mol. The van der Waals surface area contributed by atoms with Gasteiger partial charge in [-0.25, -0.2) is 13.6 Å². The fourth-order valence-corrected chi connectivity index (χ4v) is 2.88. The molecule has 1 saturated heterocycles. The van der Waals surface area contributed by atoms with Gasteiger partial charge in [0.05, 0.1) is 0 Å². The molecule has 5 heteroatoms. The van der Waals surface area contributed by atoms with E-state index in [-0.39, 0.29) is 25.7 Å². The number of ether oxygens (including phenoxy) is 1. The van der Waals surface area contributed by atoms with Crippen LogP contribution in [0.15, 0.2) is 30.3 Å². The Kier molecular flexibility index (Phi) is 5.83. The van der Waals surface area contributed by atoms with Crippen LogP contribution in [0.3, 0.4) is 0 Å². The van der Waals surface area contributed by atoms with E-state index in [4.69, 9.17) is 4.74 Å². The number of alkyl halides is 2. The number of halogens is 2. The summed E-state index contributed by atoms with van der Waals surface area (Å²) in [4.78, 5) is 13.5. The molecule has 0 N–H and O–H groups in total. The lowest BCUT2D eigenvalue weighted by molar-refractivity contribution is -0.000401. The summed E-state index contributed by atoms with van der Waals surface area (Å²) < 4.78 is 34.4. The van der Waals surface area contributed by atoms with Gasteiger partial charge in [0.1, 0.15) is 17.4 Å². The van der Waals surface area contributed by atoms with Crippen molar-refractivity contribution < 1.29 is 18.3 Å². The number of likely N-dealkylation sites (tertiary alicyclic amines) is 1. The fourth-order valence-electron chi connectivity index (χ4n) is 2.88. The first-order valence-corrected chi connectivity index (χ1v) is 8.54. The van der Waals surface area contributed by atoms with Gasteiger partial charge in [0.15, 0.2) is 0 Å². The molecule has 1 aliphatic heterocycles. The van der Waals surface area contributed by atoms with E-state index in [0.29, 0.717) is 18.7 Å². The molecule has 1 aromatic rings. The Hall–Kier alpha value is -1.65. The molecule has 0 saturated carbocycles. The van der Waals surface area contributed by atoms with Crippen LogP contribution in [0, 0.1) is 0 Å². The molecule has 3 nitrogen and oxygen atoms in total. The Balaban J connectivity index is 1.81. The number of hydrogen-bond acceptors (Lipinski definition) is 2. The summed E-state index contributed by atoms with van der Waals surface area (Å²) in [7, 11) is 0. The average Bonchev–Trinajstić information content (AvgIpc) is 2.52. The third-order valence-corrected chi connectivity index (χ3v) is 4.32. The molecule has 2 rings (SSSR count). The van der Waals surface area contributed by atoms with Crippen LogP contribution in [0.4, 0.5) is 13.6 Å². The van der Waals surface area contributed by atoms with Gasteiger partial charge in [0.2, 0.25) is 0 Å². The molecule has 1 unspecified atom stereocenters. The third kappa shape index (κ3) is 5.46. The third-order valence-electron chi connectivity index (χ3n) is 4.32. The highest BCUT2D eigenvalue weighted by Crippen LogP contribution is 2.35. The average molecular weight is 339 g/mol. The SMILES string of the molecule is CC(C)(C)OC(=O)N1CCC(F)(CCC(F)c2ccccc2)CC1. The van der Waals surface area contributed by atoms with Crippen LogP contribution in [0.1, 0.15) is 58.2 Å². The van der Waals surface area contributed by atoms with Gasteiger partial charge in [-0.2, -0.15) is 0 Å². The molecule has 1 atom stereocenters. The van der Waals surface area contributed by atoms with Crippen molar-refractivity contribution in [1.82, 2.24) is 4.90 Å². The van der Waals surface area contributed by atoms with Gasteiger partial charge in [-0.1, -0.05) is 30.3 Å². The number of carbonyl (C=O) groups is 1. The van der Waals surface area contributed by atoms with Crippen LogP contribution >= 0.6 is 0 Å². The normalized spacial score (nSPS) is 19.0. The molecule has 0 radical (unpaired) electrons. The Morgan fingerprint density at radius 1 is 1.25 bits per heavy atom. The van der Waals surface area contributed by atoms with Crippen molar-refractivity contribution in [3.05, 3.63) is 35.9 Å². The molecular formula is C19H27F2NO2. The van der Waals surface area contributed by atoms with Crippen molar-refractivity contribution >= 4 is 6.09 Å². The Morgan fingerprint density at radius 3 is 2.38 bits per heavy atom. The summed E-state index contributed by atoms with van der Waals surface area (Å²) in [5.74, 6) is 0. The van der Waals surface area contributed by atoms with E-state index in [9.17, 15) is 13.6 Å². The predicted octanol–water partition coefficient (Wildman–Crippen LogP) is 5.22. The summed E-state index contributed by atoms with van der Waals surface area (Å²) in [6.07, 6.45) is -0.764. The number of rotatable bonds is 4. The molecule has 134 valence electrons. The first-order valence-electron chi connectivity index (χ1n) is 8.54. The van der Waals surface area contributed by atoms with Crippen molar-refractivity contribution in [2.75, 3.05) is 13.1 Å². The molecule has 1 fully saturated rings. The maximum atomic E-state index is 14.9. The van der Waals surface area contributed by atoms with Crippen LogP contribution < -0.4 is 0 Å². The van der Waals surface area contributed by atoms with E-state index in [1.165, 1.54) is 4.90 Å². The van der Waals surface area contributed by atoms with E-state index >= 15 is 0 Å². The monoisotopic (exact) mass is 339 g/mol. The van der Waals surface area contributed by atoms with Crippen molar-refractivity contribution in [1.29, 1.82) is 0 Å². The van der Waals surface area contributed by atoms with Gasteiger partial charge in [-0.15, -0.1) is 0 Å². The molecule has 1 amide bonds. The van der Waals surface area contributed by atoms with Crippen molar-refractivity contribution in [2.24, 2.45) is 0 Å². The second kappa shape index (κ2) is 7.49. The summed E-state index contributed by atoms with van der Waals surface area (Å²) in [5.41, 5.74) is -1.37. The Bertz CT molecular complexity index is 534. The number of nitrogens with zero attached hydrogens (tertiary/aromatic N) is 1. The van der Waals surface area contributed by atoms with Crippen LogP contribution in [0.5, 0.6) is 0 Å².